The molecule has 0 saturated carbocycles. The van der Waals surface area contributed by atoms with E-state index in [4.69, 9.17) is 0 Å². The minimum Gasteiger partial charge on any atom is -0.349 e. The minimum absolute atomic E-state index is 0.947. The summed E-state index contributed by atoms with van der Waals surface area (Å²) in [7, 11) is 0. The highest BCUT2D eigenvalue weighted by molar-refractivity contribution is 7.09. The van der Waals surface area contributed by atoms with Crippen LogP contribution in [0.15, 0.2) is 11.4 Å². The lowest BCUT2D eigenvalue weighted by atomic mass is 10.2. The number of aryl methyl sites for hydroxylation is 2. The molecule has 0 radical (unpaired) electrons. The predicted molar refractivity (Wildman–Crippen MR) is 81.8 cm³/mol. The van der Waals surface area contributed by atoms with E-state index in [9.17, 15) is 0 Å². The van der Waals surface area contributed by atoms with E-state index in [1.165, 1.54) is 22.6 Å². The molecule has 4 heteroatoms. The molecule has 0 spiro atoms. The normalized spacial score (nSPS) is 11.2. The average molecular weight is 277 g/mol. The van der Waals surface area contributed by atoms with E-state index < -0.39 is 0 Å². The van der Waals surface area contributed by atoms with Crippen LogP contribution in [0, 0.1) is 20.8 Å². The molecule has 2 heterocycles. The number of aromatic nitrogens is 2. The molecule has 2 rings (SSSR count). The maximum atomic E-state index is 4.48. The summed E-state index contributed by atoms with van der Waals surface area (Å²) in [6.45, 7) is 11.6. The van der Waals surface area contributed by atoms with E-state index in [-0.39, 0.29) is 0 Å². The predicted octanol–water partition coefficient (Wildman–Crippen LogP) is 3.22. The first-order valence-electron chi connectivity index (χ1n) is 6.89. The van der Waals surface area contributed by atoms with Gasteiger partial charge in [-0.1, -0.05) is 0 Å². The van der Waals surface area contributed by atoms with Gasteiger partial charge in [-0.3, -0.25) is 0 Å². The van der Waals surface area contributed by atoms with Crippen LogP contribution in [0.4, 0.5) is 0 Å². The molecule has 0 fully saturated rings. The lowest BCUT2D eigenvalue weighted by Gasteiger charge is -2.07. The van der Waals surface area contributed by atoms with Crippen LogP contribution in [0.5, 0.6) is 0 Å². The Morgan fingerprint density at radius 1 is 1.32 bits per heavy atom. The monoisotopic (exact) mass is 277 g/mol. The van der Waals surface area contributed by atoms with E-state index in [1.54, 1.807) is 11.3 Å². The van der Waals surface area contributed by atoms with Gasteiger partial charge in [-0.15, -0.1) is 11.3 Å². The first-order valence-corrected chi connectivity index (χ1v) is 7.77. The highest BCUT2D eigenvalue weighted by atomic mass is 32.1. The summed E-state index contributed by atoms with van der Waals surface area (Å²) in [5, 5.41) is 6.82. The van der Waals surface area contributed by atoms with Crippen molar-refractivity contribution in [2.45, 2.75) is 47.2 Å². The fraction of sp³-hybridized carbons (Fsp3) is 0.533. The van der Waals surface area contributed by atoms with Gasteiger partial charge in [-0.25, -0.2) is 4.98 Å². The molecular formula is C15H23N3S. The van der Waals surface area contributed by atoms with E-state index in [1.807, 2.05) is 0 Å². The molecule has 0 aliphatic heterocycles. The summed E-state index contributed by atoms with van der Waals surface area (Å²) in [6.07, 6.45) is 1.01. The van der Waals surface area contributed by atoms with Crippen molar-refractivity contribution in [1.82, 2.24) is 14.9 Å². The molecule has 0 amide bonds. The van der Waals surface area contributed by atoms with Crippen LogP contribution < -0.4 is 5.32 Å². The van der Waals surface area contributed by atoms with Gasteiger partial charge in [0.25, 0.3) is 0 Å². The minimum atomic E-state index is 0.947. The van der Waals surface area contributed by atoms with Crippen LogP contribution in [0.2, 0.25) is 0 Å². The van der Waals surface area contributed by atoms with Gasteiger partial charge in [0.1, 0.15) is 0 Å². The molecule has 104 valence electrons. The highest BCUT2D eigenvalue weighted by Crippen LogP contribution is 2.14. The van der Waals surface area contributed by atoms with Crippen LogP contribution in [0.1, 0.15) is 34.6 Å². The summed E-state index contributed by atoms with van der Waals surface area (Å²) in [4.78, 5) is 4.48. The molecule has 0 saturated heterocycles. The van der Waals surface area contributed by atoms with Gasteiger partial charge >= 0.3 is 0 Å². The molecule has 0 unspecified atom stereocenters. The molecular weight excluding hydrogens is 254 g/mol. The zero-order valence-electron chi connectivity index (χ0n) is 12.3. The maximum Gasteiger partial charge on any atom is 0.0897 e. The van der Waals surface area contributed by atoms with Crippen molar-refractivity contribution < 1.29 is 0 Å². The second-order valence-corrected chi connectivity index (χ2v) is 5.99. The highest BCUT2D eigenvalue weighted by Gasteiger charge is 2.07. The molecule has 0 aliphatic rings. The van der Waals surface area contributed by atoms with Crippen LogP contribution in [0.3, 0.4) is 0 Å². The average Bonchev–Trinajstić information content (AvgIpc) is 2.90. The molecule has 0 atom stereocenters. The van der Waals surface area contributed by atoms with Crippen molar-refractivity contribution in [1.29, 1.82) is 0 Å². The second-order valence-electron chi connectivity index (χ2n) is 4.93. The Balaban J connectivity index is 1.83. The second kappa shape index (κ2) is 6.35. The molecule has 0 aliphatic carbocycles. The third-order valence-corrected chi connectivity index (χ3v) is 4.36. The largest absolute Gasteiger partial charge is 0.349 e. The summed E-state index contributed by atoms with van der Waals surface area (Å²) < 4.78 is 2.36. The fourth-order valence-corrected chi connectivity index (χ4v) is 3.15. The van der Waals surface area contributed by atoms with Crippen LogP contribution in [0.25, 0.3) is 0 Å². The first-order chi connectivity index (χ1) is 9.11. The Labute approximate surface area is 119 Å². The van der Waals surface area contributed by atoms with Crippen molar-refractivity contribution in [3.8, 4) is 0 Å². The fourth-order valence-electron chi connectivity index (χ4n) is 2.50. The third-order valence-electron chi connectivity index (χ3n) is 3.53. The molecule has 1 N–H and O–H groups in total. The number of hydrogen-bond donors (Lipinski definition) is 1. The topological polar surface area (TPSA) is 29.9 Å². The van der Waals surface area contributed by atoms with Crippen LogP contribution in [-0.4, -0.2) is 16.1 Å². The zero-order valence-corrected chi connectivity index (χ0v) is 13.1. The lowest BCUT2D eigenvalue weighted by molar-refractivity contribution is 0.668. The molecule has 0 aromatic carbocycles. The number of nitrogens with zero attached hydrogens (tertiary/aromatic N) is 2. The third kappa shape index (κ3) is 3.45. The lowest BCUT2D eigenvalue weighted by Crippen LogP contribution is -2.17. The maximum absolute atomic E-state index is 4.48. The molecule has 3 nitrogen and oxygen atoms in total. The zero-order chi connectivity index (χ0) is 13.8. The first kappa shape index (κ1) is 14.3. The molecule has 0 bridgehead atoms. The molecule has 19 heavy (non-hydrogen) atoms. The van der Waals surface area contributed by atoms with E-state index in [2.05, 4.69) is 54.0 Å². The van der Waals surface area contributed by atoms with E-state index in [0.717, 1.165) is 31.1 Å². The van der Waals surface area contributed by atoms with Crippen molar-refractivity contribution in [3.63, 3.8) is 0 Å². The summed E-state index contributed by atoms with van der Waals surface area (Å²) in [6, 6.07) is 2.29. The van der Waals surface area contributed by atoms with Crippen molar-refractivity contribution in [2.75, 3.05) is 6.54 Å². The van der Waals surface area contributed by atoms with Gasteiger partial charge < -0.3 is 9.88 Å². The van der Waals surface area contributed by atoms with Gasteiger partial charge in [-0.2, -0.15) is 0 Å². The Bertz CT molecular complexity index is 540. The summed E-state index contributed by atoms with van der Waals surface area (Å²) in [5.41, 5.74) is 5.35. The van der Waals surface area contributed by atoms with Gasteiger partial charge in [0.05, 0.1) is 10.7 Å². The molecule has 2 aromatic rings. The van der Waals surface area contributed by atoms with Gasteiger partial charge in [-0.05, 0) is 39.3 Å². The van der Waals surface area contributed by atoms with Crippen LogP contribution >= 0.6 is 11.3 Å². The van der Waals surface area contributed by atoms with Gasteiger partial charge in [0.15, 0.2) is 0 Å². The summed E-state index contributed by atoms with van der Waals surface area (Å²) in [5.74, 6) is 0. The smallest absolute Gasteiger partial charge is 0.0897 e. The van der Waals surface area contributed by atoms with E-state index >= 15 is 0 Å². The van der Waals surface area contributed by atoms with Crippen molar-refractivity contribution >= 4 is 11.3 Å². The molecule has 2 aromatic heterocycles. The number of rotatable bonds is 6. The Hall–Kier alpha value is -1.13. The number of nitrogens with one attached hydrogen (secondary N) is 1. The van der Waals surface area contributed by atoms with Crippen molar-refractivity contribution in [2.24, 2.45) is 0 Å². The Kier molecular flexibility index (Phi) is 4.77. The number of hydrogen-bond acceptors (Lipinski definition) is 3. The SMILES string of the molecule is CCn1c(C)cc(CNCCc2csc(C)n2)c1C. The Morgan fingerprint density at radius 2 is 2.11 bits per heavy atom. The quantitative estimate of drug-likeness (QED) is 0.822. The van der Waals surface area contributed by atoms with Gasteiger partial charge in [0, 0.05) is 42.8 Å². The number of thiazole rings is 1. The Morgan fingerprint density at radius 3 is 2.68 bits per heavy atom. The van der Waals surface area contributed by atoms with Crippen LogP contribution in [-0.2, 0) is 19.5 Å². The standard InChI is InChI=1S/C15H23N3S/c1-5-18-11(2)8-14(12(18)3)9-16-7-6-15-10-19-13(4)17-15/h8,10,16H,5-7,9H2,1-4H3. The van der Waals surface area contributed by atoms with Gasteiger partial charge in [0.2, 0.25) is 0 Å². The van der Waals surface area contributed by atoms with E-state index in [0.29, 0.717) is 0 Å². The van der Waals surface area contributed by atoms with Crippen molar-refractivity contribution in [3.05, 3.63) is 39.1 Å². The summed E-state index contributed by atoms with van der Waals surface area (Å²) >= 11 is 1.73.